The zero-order valence-corrected chi connectivity index (χ0v) is 16.7. The third kappa shape index (κ3) is 4.77. The van der Waals surface area contributed by atoms with Gasteiger partial charge >= 0.3 is 6.18 Å². The number of halogens is 5. The summed E-state index contributed by atoms with van der Waals surface area (Å²) in [5, 5.41) is 0.327. The Morgan fingerprint density at radius 1 is 1.07 bits per heavy atom. The van der Waals surface area contributed by atoms with Crippen molar-refractivity contribution >= 4 is 35.0 Å². The molecule has 0 spiro atoms. The van der Waals surface area contributed by atoms with Gasteiger partial charge in [0, 0.05) is 10.6 Å². The minimum atomic E-state index is -4.77. The van der Waals surface area contributed by atoms with Crippen molar-refractivity contribution in [2.45, 2.75) is 33.0 Å². The topological polar surface area (TPSA) is 49.4 Å². The molecule has 2 rings (SSSR count). The second kappa shape index (κ2) is 8.41. The molecule has 0 aliphatic carbocycles. The zero-order valence-electron chi connectivity index (χ0n) is 15.2. The van der Waals surface area contributed by atoms with E-state index >= 15 is 0 Å². The number of rotatable bonds is 3. The molecule has 0 heterocycles. The maximum absolute atomic E-state index is 13.3. The lowest BCUT2D eigenvalue weighted by Crippen LogP contribution is -2.56. The molecule has 2 aromatic rings. The van der Waals surface area contributed by atoms with Gasteiger partial charge in [-0.05, 0) is 56.2 Å². The number of hydrogen-bond donors (Lipinski definition) is 1. The quantitative estimate of drug-likeness (QED) is 0.664. The molecule has 4 nitrogen and oxygen atoms in total. The first-order chi connectivity index (χ1) is 12.9. The van der Waals surface area contributed by atoms with Gasteiger partial charge in [-0.1, -0.05) is 35.3 Å². The van der Waals surface area contributed by atoms with Gasteiger partial charge in [0.05, 0.1) is 10.6 Å². The molecule has 0 saturated carbocycles. The summed E-state index contributed by atoms with van der Waals surface area (Å²) in [7, 11) is 0. The Bertz CT molecular complexity index is 917. The van der Waals surface area contributed by atoms with Crippen LogP contribution in [0.15, 0.2) is 36.4 Å². The van der Waals surface area contributed by atoms with Crippen LogP contribution in [-0.4, -0.2) is 29.0 Å². The first-order valence-electron chi connectivity index (χ1n) is 8.16. The van der Waals surface area contributed by atoms with Crippen LogP contribution in [0.5, 0.6) is 0 Å². The molecule has 9 heteroatoms. The number of benzene rings is 2. The molecule has 1 N–H and O–H groups in total. The van der Waals surface area contributed by atoms with Crippen molar-refractivity contribution in [1.82, 2.24) is 10.4 Å². The molecule has 0 aromatic heterocycles. The van der Waals surface area contributed by atoms with Crippen molar-refractivity contribution in [3.63, 3.8) is 0 Å². The molecule has 0 bridgehead atoms. The molecule has 2 aromatic carbocycles. The first kappa shape index (κ1) is 22.0. The van der Waals surface area contributed by atoms with Crippen LogP contribution >= 0.6 is 23.2 Å². The van der Waals surface area contributed by atoms with Crippen molar-refractivity contribution in [2.24, 2.45) is 0 Å². The number of hydrazine groups is 1. The Hall–Kier alpha value is -2.25. The molecule has 0 radical (unpaired) electrons. The number of amides is 2. The minimum Gasteiger partial charge on any atom is -0.267 e. The first-order valence-corrected chi connectivity index (χ1v) is 8.91. The monoisotopic (exact) mass is 432 g/mol. The summed E-state index contributed by atoms with van der Waals surface area (Å²) < 4.78 is 40.0. The molecule has 2 amide bonds. The van der Waals surface area contributed by atoms with Gasteiger partial charge in [0.2, 0.25) is 0 Å². The molecule has 0 aliphatic rings. The number of nitrogens with one attached hydrogen (secondary N) is 1. The van der Waals surface area contributed by atoms with Crippen LogP contribution in [0.4, 0.5) is 13.2 Å². The van der Waals surface area contributed by atoms with Gasteiger partial charge in [-0.15, -0.1) is 0 Å². The van der Waals surface area contributed by atoms with Crippen LogP contribution in [0.2, 0.25) is 10.0 Å². The predicted molar refractivity (Wildman–Crippen MR) is 102 cm³/mol. The van der Waals surface area contributed by atoms with E-state index < -0.39 is 24.0 Å². The van der Waals surface area contributed by atoms with E-state index in [4.69, 9.17) is 23.2 Å². The molecule has 1 unspecified atom stereocenters. The smallest absolute Gasteiger partial charge is 0.267 e. The molecule has 1 atom stereocenters. The fraction of sp³-hybridized carbons (Fsp3) is 0.263. The standard InChI is InChI=1S/C19H17Cl2F3N2O2/c1-10-5-4-6-14(11(10)2)17(27)25-26(12(3)19(22,23)24)18(28)15-8-7-13(20)9-16(15)21/h4-9,12H,1-3H3,(H,25,27). The van der Waals surface area contributed by atoms with Crippen LogP contribution in [0.3, 0.4) is 0 Å². The maximum atomic E-state index is 13.3. The highest BCUT2D eigenvalue weighted by Gasteiger charge is 2.43. The van der Waals surface area contributed by atoms with E-state index in [1.54, 1.807) is 26.0 Å². The summed E-state index contributed by atoms with van der Waals surface area (Å²) in [6, 6.07) is 6.30. The van der Waals surface area contributed by atoms with Crippen molar-refractivity contribution in [3.05, 3.63) is 68.7 Å². The minimum absolute atomic E-state index is 0.127. The molecule has 0 fully saturated rings. The molecule has 28 heavy (non-hydrogen) atoms. The van der Waals surface area contributed by atoms with Crippen molar-refractivity contribution in [1.29, 1.82) is 0 Å². The van der Waals surface area contributed by atoms with Crippen LogP contribution < -0.4 is 5.43 Å². The Kier molecular flexibility index (Phi) is 6.62. The lowest BCUT2D eigenvalue weighted by molar-refractivity contribution is -0.176. The normalized spacial score (nSPS) is 12.4. The van der Waals surface area contributed by atoms with Gasteiger partial charge in [0.25, 0.3) is 11.8 Å². The number of hydrogen-bond acceptors (Lipinski definition) is 2. The maximum Gasteiger partial charge on any atom is 0.410 e. The SMILES string of the molecule is Cc1cccc(C(=O)NN(C(=O)c2ccc(Cl)cc2Cl)C(C)C(F)(F)F)c1C. The second-order valence-corrected chi connectivity index (χ2v) is 7.05. The predicted octanol–water partition coefficient (Wildman–Crippen LogP) is 5.35. The van der Waals surface area contributed by atoms with Crippen LogP contribution in [0, 0.1) is 13.8 Å². The number of nitrogens with zero attached hydrogens (tertiary/aromatic N) is 1. The Morgan fingerprint density at radius 2 is 1.71 bits per heavy atom. The van der Waals surface area contributed by atoms with Gasteiger partial charge in [0.15, 0.2) is 0 Å². The van der Waals surface area contributed by atoms with Gasteiger partial charge < -0.3 is 0 Å². The molecule has 0 aliphatic heterocycles. The summed E-state index contributed by atoms with van der Waals surface area (Å²) in [5.74, 6) is -1.94. The number of alkyl halides is 3. The summed E-state index contributed by atoms with van der Waals surface area (Å²) in [4.78, 5) is 25.4. The van der Waals surface area contributed by atoms with Crippen LogP contribution in [0.1, 0.15) is 38.8 Å². The Morgan fingerprint density at radius 3 is 2.29 bits per heavy atom. The third-order valence-corrected chi connectivity index (χ3v) is 4.86. The van der Waals surface area contributed by atoms with E-state index in [1.165, 1.54) is 24.3 Å². The highest BCUT2D eigenvalue weighted by Crippen LogP contribution is 2.28. The van der Waals surface area contributed by atoms with Crippen molar-refractivity contribution < 1.29 is 22.8 Å². The van der Waals surface area contributed by atoms with Gasteiger partial charge in [-0.25, -0.2) is 5.01 Å². The number of aryl methyl sites for hydroxylation is 1. The van der Waals surface area contributed by atoms with Crippen molar-refractivity contribution in [2.75, 3.05) is 0 Å². The van der Waals surface area contributed by atoms with E-state index in [-0.39, 0.29) is 26.2 Å². The average molecular weight is 433 g/mol. The van der Waals surface area contributed by atoms with Crippen LogP contribution in [0.25, 0.3) is 0 Å². The highest BCUT2D eigenvalue weighted by molar-refractivity contribution is 6.36. The molecular formula is C19H17Cl2F3N2O2. The van der Waals surface area contributed by atoms with E-state index in [0.717, 1.165) is 12.5 Å². The summed E-state index contributed by atoms with van der Waals surface area (Å²) in [6.45, 7) is 4.20. The Labute approximate surface area is 170 Å². The van der Waals surface area contributed by atoms with E-state index in [1.807, 2.05) is 0 Å². The number of carbonyl (C=O) groups excluding carboxylic acids is 2. The summed E-state index contributed by atoms with van der Waals surface area (Å²) in [6.07, 6.45) is -4.77. The second-order valence-electron chi connectivity index (χ2n) is 6.21. The lowest BCUT2D eigenvalue weighted by Gasteiger charge is -2.31. The van der Waals surface area contributed by atoms with Crippen LogP contribution in [-0.2, 0) is 0 Å². The van der Waals surface area contributed by atoms with Crippen molar-refractivity contribution in [3.8, 4) is 0 Å². The molecule has 150 valence electrons. The van der Waals surface area contributed by atoms with Gasteiger partial charge in [-0.2, -0.15) is 13.2 Å². The lowest BCUT2D eigenvalue weighted by atomic mass is 10.0. The van der Waals surface area contributed by atoms with Gasteiger partial charge in [0.1, 0.15) is 6.04 Å². The number of carbonyl (C=O) groups is 2. The Balaban J connectivity index is 2.43. The average Bonchev–Trinajstić information content (AvgIpc) is 2.60. The third-order valence-electron chi connectivity index (χ3n) is 4.31. The van der Waals surface area contributed by atoms with E-state index in [9.17, 15) is 22.8 Å². The van der Waals surface area contributed by atoms with Gasteiger partial charge in [-0.3, -0.25) is 15.0 Å². The molecule has 0 saturated heterocycles. The fourth-order valence-corrected chi connectivity index (χ4v) is 2.92. The molecular weight excluding hydrogens is 416 g/mol. The summed E-state index contributed by atoms with van der Waals surface area (Å²) >= 11 is 11.7. The largest absolute Gasteiger partial charge is 0.410 e. The summed E-state index contributed by atoms with van der Waals surface area (Å²) in [5.41, 5.74) is 3.40. The zero-order chi connectivity index (χ0) is 21.2. The fourth-order valence-electron chi connectivity index (χ4n) is 2.43. The van der Waals surface area contributed by atoms with E-state index in [0.29, 0.717) is 5.56 Å². The highest BCUT2D eigenvalue weighted by atomic mass is 35.5. The van der Waals surface area contributed by atoms with E-state index in [2.05, 4.69) is 5.43 Å².